The standard InChI is InChI=1S/C24H25ClN2O4S/c1-26(17-19-6-12-22(31-3)13-7-19)24(28)16-18-4-10-21(11-5-18)27(2)32(29,30)23-14-8-20(25)9-15-23/h4-15H,16-17H2,1-3H3. The maximum atomic E-state index is 12.8. The van der Waals surface area contributed by atoms with Gasteiger partial charge >= 0.3 is 0 Å². The van der Waals surface area contributed by atoms with E-state index in [1.54, 1.807) is 55.5 Å². The number of nitrogens with zero attached hydrogens (tertiary/aromatic N) is 2. The van der Waals surface area contributed by atoms with E-state index in [0.29, 0.717) is 17.3 Å². The molecular weight excluding hydrogens is 448 g/mol. The number of methoxy groups -OCH3 is 1. The van der Waals surface area contributed by atoms with E-state index in [1.165, 1.54) is 23.5 Å². The lowest BCUT2D eigenvalue weighted by Gasteiger charge is -2.20. The molecule has 3 aromatic rings. The Morgan fingerprint density at radius 1 is 0.875 bits per heavy atom. The largest absolute Gasteiger partial charge is 0.497 e. The number of hydrogen-bond acceptors (Lipinski definition) is 4. The van der Waals surface area contributed by atoms with Crippen LogP contribution in [0.25, 0.3) is 0 Å². The molecule has 3 rings (SSSR count). The second-order valence-corrected chi connectivity index (χ2v) is 9.77. The van der Waals surface area contributed by atoms with Crippen molar-refractivity contribution in [3.05, 3.63) is 88.9 Å². The number of halogens is 1. The van der Waals surface area contributed by atoms with Crippen LogP contribution in [0, 0.1) is 0 Å². The molecule has 0 radical (unpaired) electrons. The molecule has 0 aliphatic rings. The molecule has 0 fully saturated rings. The zero-order valence-corrected chi connectivity index (χ0v) is 19.7. The molecule has 0 N–H and O–H groups in total. The lowest BCUT2D eigenvalue weighted by atomic mass is 10.1. The van der Waals surface area contributed by atoms with Crippen LogP contribution < -0.4 is 9.04 Å². The second kappa shape index (κ2) is 10.1. The minimum absolute atomic E-state index is 0.0318. The van der Waals surface area contributed by atoms with Gasteiger partial charge < -0.3 is 9.64 Å². The number of rotatable bonds is 8. The van der Waals surface area contributed by atoms with Crippen molar-refractivity contribution >= 4 is 33.2 Å². The van der Waals surface area contributed by atoms with E-state index in [2.05, 4.69) is 0 Å². The van der Waals surface area contributed by atoms with E-state index < -0.39 is 10.0 Å². The first-order valence-electron chi connectivity index (χ1n) is 9.91. The molecule has 8 heteroatoms. The van der Waals surface area contributed by atoms with Crippen molar-refractivity contribution in [1.29, 1.82) is 0 Å². The van der Waals surface area contributed by atoms with Gasteiger partial charge in [-0.1, -0.05) is 35.9 Å². The van der Waals surface area contributed by atoms with E-state index in [1.807, 2.05) is 24.3 Å². The molecular formula is C24H25ClN2O4S. The molecule has 0 aromatic heterocycles. The highest BCUT2D eigenvalue weighted by Crippen LogP contribution is 2.24. The van der Waals surface area contributed by atoms with Crippen molar-refractivity contribution in [2.45, 2.75) is 17.9 Å². The normalized spacial score (nSPS) is 11.1. The summed E-state index contributed by atoms with van der Waals surface area (Å²) in [5, 5.41) is 0.470. The van der Waals surface area contributed by atoms with Crippen LogP contribution in [-0.2, 0) is 27.8 Å². The van der Waals surface area contributed by atoms with Crippen molar-refractivity contribution in [3.8, 4) is 5.75 Å². The fourth-order valence-electron chi connectivity index (χ4n) is 3.13. The Kier molecular flexibility index (Phi) is 7.43. The summed E-state index contributed by atoms with van der Waals surface area (Å²) in [7, 11) is 1.15. The van der Waals surface area contributed by atoms with Gasteiger partial charge in [0.1, 0.15) is 5.75 Å². The summed E-state index contributed by atoms with van der Waals surface area (Å²) in [6, 6.07) is 20.5. The summed E-state index contributed by atoms with van der Waals surface area (Å²) < 4.78 is 32.0. The molecule has 0 unspecified atom stereocenters. The quantitative estimate of drug-likeness (QED) is 0.488. The Labute approximate surface area is 194 Å². The van der Waals surface area contributed by atoms with Gasteiger partial charge in [-0.2, -0.15) is 0 Å². The molecule has 6 nitrogen and oxygen atoms in total. The second-order valence-electron chi connectivity index (χ2n) is 7.37. The molecule has 0 saturated heterocycles. The van der Waals surface area contributed by atoms with Gasteiger partial charge in [0.2, 0.25) is 5.91 Å². The molecule has 0 heterocycles. The van der Waals surface area contributed by atoms with Gasteiger partial charge in [0.25, 0.3) is 10.0 Å². The number of carbonyl (C=O) groups is 1. The molecule has 1 amide bonds. The first kappa shape index (κ1) is 23.6. The third-order valence-electron chi connectivity index (χ3n) is 5.13. The number of likely N-dealkylation sites (N-methyl/N-ethyl adjacent to an activating group) is 1. The third kappa shape index (κ3) is 5.60. The average molecular weight is 473 g/mol. The topological polar surface area (TPSA) is 66.9 Å². The van der Waals surface area contributed by atoms with Crippen molar-refractivity contribution in [2.24, 2.45) is 0 Å². The number of hydrogen-bond donors (Lipinski definition) is 0. The predicted octanol–water partition coefficient (Wildman–Crippen LogP) is 4.37. The zero-order valence-electron chi connectivity index (χ0n) is 18.2. The molecule has 0 saturated carbocycles. The van der Waals surface area contributed by atoms with E-state index in [4.69, 9.17) is 16.3 Å². The van der Waals surface area contributed by atoms with Gasteiger partial charge in [-0.15, -0.1) is 0 Å². The third-order valence-corrected chi connectivity index (χ3v) is 7.18. The smallest absolute Gasteiger partial charge is 0.264 e. The van der Waals surface area contributed by atoms with Crippen LogP contribution in [0.15, 0.2) is 77.7 Å². The Morgan fingerprint density at radius 3 is 2.00 bits per heavy atom. The monoisotopic (exact) mass is 472 g/mol. The minimum Gasteiger partial charge on any atom is -0.497 e. The Bertz CT molecular complexity index is 1160. The molecule has 168 valence electrons. The van der Waals surface area contributed by atoms with Gasteiger partial charge in [0.05, 0.1) is 24.1 Å². The van der Waals surface area contributed by atoms with Gasteiger partial charge in [0.15, 0.2) is 0 Å². The molecule has 32 heavy (non-hydrogen) atoms. The molecule has 0 bridgehead atoms. The molecule has 0 aliphatic carbocycles. The lowest BCUT2D eigenvalue weighted by Crippen LogP contribution is -2.28. The number of sulfonamides is 1. The Hall–Kier alpha value is -3.03. The van der Waals surface area contributed by atoms with E-state index in [9.17, 15) is 13.2 Å². The maximum Gasteiger partial charge on any atom is 0.264 e. The highest BCUT2D eigenvalue weighted by molar-refractivity contribution is 7.92. The molecule has 0 atom stereocenters. The first-order chi connectivity index (χ1) is 15.2. The first-order valence-corrected chi connectivity index (χ1v) is 11.7. The number of ether oxygens (including phenoxy) is 1. The average Bonchev–Trinajstić information content (AvgIpc) is 2.79. The van der Waals surface area contributed by atoms with Crippen LogP contribution in [0.5, 0.6) is 5.75 Å². The molecule has 3 aromatic carbocycles. The van der Waals surface area contributed by atoms with E-state index in [-0.39, 0.29) is 17.2 Å². The number of benzene rings is 3. The number of anilines is 1. The molecule has 0 aliphatic heterocycles. The fraction of sp³-hybridized carbons (Fsp3) is 0.208. The van der Waals surface area contributed by atoms with Crippen LogP contribution in [0.4, 0.5) is 5.69 Å². The van der Waals surface area contributed by atoms with Crippen molar-refractivity contribution in [3.63, 3.8) is 0 Å². The van der Waals surface area contributed by atoms with Crippen LogP contribution in [0.1, 0.15) is 11.1 Å². The number of carbonyl (C=O) groups excluding carboxylic acids is 1. The highest BCUT2D eigenvalue weighted by atomic mass is 35.5. The summed E-state index contributed by atoms with van der Waals surface area (Å²) in [6.45, 7) is 0.489. The van der Waals surface area contributed by atoms with Gasteiger partial charge in [-0.05, 0) is 59.7 Å². The Balaban J connectivity index is 1.64. The van der Waals surface area contributed by atoms with Crippen LogP contribution >= 0.6 is 11.6 Å². The Morgan fingerprint density at radius 2 is 1.44 bits per heavy atom. The van der Waals surface area contributed by atoms with Crippen LogP contribution in [-0.4, -0.2) is 40.4 Å². The van der Waals surface area contributed by atoms with Gasteiger partial charge in [-0.3, -0.25) is 9.10 Å². The van der Waals surface area contributed by atoms with Crippen molar-refractivity contribution < 1.29 is 17.9 Å². The summed E-state index contributed by atoms with van der Waals surface area (Å²) >= 11 is 5.85. The molecule has 0 spiro atoms. The summed E-state index contributed by atoms with van der Waals surface area (Å²) in [5.41, 5.74) is 2.31. The summed E-state index contributed by atoms with van der Waals surface area (Å²) in [5.74, 6) is 0.738. The van der Waals surface area contributed by atoms with E-state index >= 15 is 0 Å². The lowest BCUT2D eigenvalue weighted by molar-refractivity contribution is -0.129. The van der Waals surface area contributed by atoms with Crippen molar-refractivity contribution in [1.82, 2.24) is 4.90 Å². The van der Waals surface area contributed by atoms with Crippen LogP contribution in [0.2, 0.25) is 5.02 Å². The van der Waals surface area contributed by atoms with Gasteiger partial charge in [-0.25, -0.2) is 8.42 Å². The van der Waals surface area contributed by atoms with Gasteiger partial charge in [0, 0.05) is 25.7 Å². The summed E-state index contributed by atoms with van der Waals surface area (Å²) in [4.78, 5) is 14.4. The fourth-order valence-corrected chi connectivity index (χ4v) is 4.45. The van der Waals surface area contributed by atoms with Crippen molar-refractivity contribution in [2.75, 3.05) is 25.5 Å². The minimum atomic E-state index is -3.71. The van der Waals surface area contributed by atoms with E-state index in [0.717, 1.165) is 16.9 Å². The van der Waals surface area contributed by atoms with Crippen LogP contribution in [0.3, 0.4) is 0 Å². The predicted molar refractivity (Wildman–Crippen MR) is 127 cm³/mol. The SMILES string of the molecule is COc1ccc(CN(C)C(=O)Cc2ccc(N(C)S(=O)(=O)c3ccc(Cl)cc3)cc2)cc1. The number of amides is 1. The highest BCUT2D eigenvalue weighted by Gasteiger charge is 2.21. The zero-order chi connectivity index (χ0) is 23.3. The summed E-state index contributed by atoms with van der Waals surface area (Å²) in [6.07, 6.45) is 0.223. The maximum absolute atomic E-state index is 12.8.